The number of oxazole rings is 1. The lowest BCUT2D eigenvalue weighted by atomic mass is 10.2. The number of aromatic nitrogens is 3. The van der Waals surface area contributed by atoms with Gasteiger partial charge in [-0.2, -0.15) is 5.10 Å². The summed E-state index contributed by atoms with van der Waals surface area (Å²) in [5.74, 6) is 0.219. The molecule has 0 aliphatic carbocycles. The van der Waals surface area contributed by atoms with Crippen LogP contribution in [0.3, 0.4) is 0 Å². The van der Waals surface area contributed by atoms with Gasteiger partial charge in [0.2, 0.25) is 5.89 Å². The molecule has 6 heteroatoms. The Balaban J connectivity index is 1.39. The molecule has 0 radical (unpaired) electrons. The molecule has 0 saturated heterocycles. The molecule has 27 heavy (non-hydrogen) atoms. The highest BCUT2D eigenvalue weighted by molar-refractivity contribution is 5.52. The van der Waals surface area contributed by atoms with Crippen LogP contribution in [0.15, 0.2) is 77.7 Å². The fourth-order valence-electron chi connectivity index (χ4n) is 2.91. The van der Waals surface area contributed by atoms with Crippen LogP contribution in [0, 0.1) is 5.82 Å². The molecule has 0 N–H and O–H groups in total. The van der Waals surface area contributed by atoms with E-state index < -0.39 is 0 Å². The highest BCUT2D eigenvalue weighted by atomic mass is 19.1. The summed E-state index contributed by atoms with van der Waals surface area (Å²) >= 11 is 0. The quantitative estimate of drug-likeness (QED) is 0.513. The second-order valence-corrected chi connectivity index (χ2v) is 6.45. The van der Waals surface area contributed by atoms with Crippen molar-refractivity contribution in [2.24, 2.45) is 0 Å². The van der Waals surface area contributed by atoms with E-state index in [1.54, 1.807) is 18.4 Å². The summed E-state index contributed by atoms with van der Waals surface area (Å²) in [4.78, 5) is 6.63. The Labute approximate surface area is 156 Å². The van der Waals surface area contributed by atoms with E-state index >= 15 is 0 Å². The smallest absolute Gasteiger partial charge is 0.226 e. The van der Waals surface area contributed by atoms with Gasteiger partial charge in [-0.1, -0.05) is 18.2 Å². The van der Waals surface area contributed by atoms with Crippen LogP contribution in [0.5, 0.6) is 0 Å². The van der Waals surface area contributed by atoms with E-state index in [1.807, 2.05) is 54.5 Å². The lowest BCUT2D eigenvalue weighted by Gasteiger charge is -2.13. The minimum Gasteiger partial charge on any atom is -0.444 e. The molecule has 0 fully saturated rings. The summed E-state index contributed by atoms with van der Waals surface area (Å²) in [7, 11) is 2.02. The Morgan fingerprint density at radius 3 is 2.59 bits per heavy atom. The summed E-state index contributed by atoms with van der Waals surface area (Å²) in [6.45, 7) is 1.38. The summed E-state index contributed by atoms with van der Waals surface area (Å²) in [6, 6.07) is 16.1. The first kappa shape index (κ1) is 17.2. The average Bonchev–Trinajstić information content (AvgIpc) is 3.33. The number of benzene rings is 2. The van der Waals surface area contributed by atoms with E-state index in [-0.39, 0.29) is 5.82 Å². The first-order valence-electron chi connectivity index (χ1n) is 8.65. The molecule has 5 nitrogen and oxygen atoms in total. The lowest BCUT2D eigenvalue weighted by molar-refractivity contribution is 0.314. The summed E-state index contributed by atoms with van der Waals surface area (Å²) in [5.41, 5.74) is 3.73. The third-order valence-electron chi connectivity index (χ3n) is 4.18. The molecule has 136 valence electrons. The molecule has 0 amide bonds. The van der Waals surface area contributed by atoms with Crippen LogP contribution < -0.4 is 0 Å². The molecular weight excluding hydrogens is 343 g/mol. The van der Waals surface area contributed by atoms with E-state index in [2.05, 4.69) is 15.0 Å². The monoisotopic (exact) mass is 362 g/mol. The van der Waals surface area contributed by atoms with Crippen molar-refractivity contribution in [2.75, 3.05) is 7.05 Å². The molecular formula is C21H19FN4O. The van der Waals surface area contributed by atoms with Gasteiger partial charge in [-0.15, -0.1) is 0 Å². The molecule has 2 aromatic heterocycles. The van der Waals surface area contributed by atoms with Gasteiger partial charge in [0.05, 0.1) is 17.6 Å². The van der Waals surface area contributed by atoms with Crippen LogP contribution in [0.4, 0.5) is 4.39 Å². The van der Waals surface area contributed by atoms with E-state index in [1.165, 1.54) is 12.1 Å². The first-order chi connectivity index (χ1) is 13.2. The van der Waals surface area contributed by atoms with Gasteiger partial charge in [-0.25, -0.2) is 14.1 Å². The molecule has 0 unspecified atom stereocenters. The minimum absolute atomic E-state index is 0.277. The van der Waals surface area contributed by atoms with E-state index in [4.69, 9.17) is 4.42 Å². The van der Waals surface area contributed by atoms with Gasteiger partial charge < -0.3 is 4.42 Å². The zero-order valence-electron chi connectivity index (χ0n) is 14.9. The van der Waals surface area contributed by atoms with Crippen LogP contribution in [0.1, 0.15) is 11.3 Å². The van der Waals surface area contributed by atoms with Gasteiger partial charge >= 0.3 is 0 Å². The second kappa shape index (κ2) is 7.55. The van der Waals surface area contributed by atoms with Crippen molar-refractivity contribution in [1.82, 2.24) is 19.7 Å². The number of hydrogen-bond acceptors (Lipinski definition) is 4. The molecule has 4 rings (SSSR count). The zero-order chi connectivity index (χ0) is 18.6. The number of rotatable bonds is 6. The Morgan fingerprint density at radius 1 is 1.04 bits per heavy atom. The van der Waals surface area contributed by atoms with Crippen LogP contribution in [0.2, 0.25) is 0 Å². The van der Waals surface area contributed by atoms with Crippen molar-refractivity contribution < 1.29 is 8.81 Å². The molecule has 0 spiro atoms. The Kier molecular flexibility index (Phi) is 4.80. The fraction of sp³-hybridized carbons (Fsp3) is 0.143. The topological polar surface area (TPSA) is 47.1 Å². The fourth-order valence-corrected chi connectivity index (χ4v) is 2.91. The highest BCUT2D eigenvalue weighted by Crippen LogP contribution is 2.20. The van der Waals surface area contributed by atoms with E-state index in [0.29, 0.717) is 12.4 Å². The average molecular weight is 362 g/mol. The molecule has 4 aromatic rings. The molecule has 0 atom stereocenters. The maximum absolute atomic E-state index is 13.0. The predicted molar refractivity (Wildman–Crippen MR) is 101 cm³/mol. The first-order valence-corrected chi connectivity index (χ1v) is 8.65. The van der Waals surface area contributed by atoms with Crippen LogP contribution >= 0.6 is 0 Å². The molecule has 2 heterocycles. The van der Waals surface area contributed by atoms with Crippen LogP contribution in [-0.4, -0.2) is 26.7 Å². The highest BCUT2D eigenvalue weighted by Gasteiger charge is 2.10. The number of nitrogens with zero attached hydrogens (tertiary/aromatic N) is 4. The van der Waals surface area contributed by atoms with Gasteiger partial charge in [0.25, 0.3) is 0 Å². The lowest BCUT2D eigenvalue weighted by Crippen LogP contribution is -2.17. The SMILES string of the molecule is CN(Cc1cnn(-c2ccccc2)c1)Cc1coc(-c2ccc(F)cc2)n1. The van der Waals surface area contributed by atoms with E-state index in [0.717, 1.165) is 29.1 Å². The molecule has 0 saturated carbocycles. The molecule has 0 aliphatic rings. The van der Waals surface area contributed by atoms with Crippen LogP contribution in [-0.2, 0) is 13.1 Å². The summed E-state index contributed by atoms with van der Waals surface area (Å²) < 4.78 is 20.4. The van der Waals surface area contributed by atoms with Crippen molar-refractivity contribution in [3.05, 3.63) is 90.3 Å². The van der Waals surface area contributed by atoms with E-state index in [9.17, 15) is 4.39 Å². The third kappa shape index (κ3) is 4.12. The van der Waals surface area contributed by atoms with Gasteiger partial charge in [0.1, 0.15) is 12.1 Å². The molecule has 2 aromatic carbocycles. The maximum atomic E-state index is 13.0. The third-order valence-corrected chi connectivity index (χ3v) is 4.18. The molecule has 0 aliphatic heterocycles. The second-order valence-electron chi connectivity index (χ2n) is 6.45. The van der Waals surface area contributed by atoms with Gasteiger partial charge in [-0.05, 0) is 43.4 Å². The van der Waals surface area contributed by atoms with Crippen molar-refractivity contribution in [2.45, 2.75) is 13.1 Å². The predicted octanol–water partition coefficient (Wildman–Crippen LogP) is 4.30. The Bertz CT molecular complexity index is 1010. The summed E-state index contributed by atoms with van der Waals surface area (Å²) in [6.07, 6.45) is 5.54. The number of para-hydroxylation sites is 1. The van der Waals surface area contributed by atoms with Gasteiger partial charge in [-0.3, -0.25) is 4.90 Å². The zero-order valence-corrected chi connectivity index (χ0v) is 14.9. The van der Waals surface area contributed by atoms with Crippen molar-refractivity contribution >= 4 is 0 Å². The van der Waals surface area contributed by atoms with Gasteiger partial charge in [0.15, 0.2) is 0 Å². The normalized spacial score (nSPS) is 11.2. The molecule has 0 bridgehead atoms. The number of hydrogen-bond donors (Lipinski definition) is 0. The Morgan fingerprint density at radius 2 is 1.81 bits per heavy atom. The largest absolute Gasteiger partial charge is 0.444 e. The minimum atomic E-state index is -0.277. The van der Waals surface area contributed by atoms with Crippen LogP contribution in [0.25, 0.3) is 17.1 Å². The standard InChI is InChI=1S/C21H19FN4O/c1-25(12-16-11-23-26(13-16)20-5-3-2-4-6-20)14-19-15-27-21(24-19)17-7-9-18(22)10-8-17/h2-11,13,15H,12,14H2,1H3. The van der Waals surface area contributed by atoms with Crippen molar-refractivity contribution in [3.8, 4) is 17.1 Å². The van der Waals surface area contributed by atoms with Crippen molar-refractivity contribution in [3.63, 3.8) is 0 Å². The summed E-state index contributed by atoms with van der Waals surface area (Å²) in [5, 5.41) is 4.42. The number of halogens is 1. The Hall–Kier alpha value is -3.25. The van der Waals surface area contributed by atoms with Gasteiger partial charge in [0, 0.05) is 30.4 Å². The van der Waals surface area contributed by atoms with Crippen molar-refractivity contribution in [1.29, 1.82) is 0 Å². The maximum Gasteiger partial charge on any atom is 0.226 e.